The molecule has 0 aliphatic rings. The highest BCUT2D eigenvalue weighted by atomic mass is 16.5. The monoisotopic (exact) mass is 341 g/mol. The second kappa shape index (κ2) is 8.06. The first kappa shape index (κ1) is 18.8. The lowest BCUT2D eigenvalue weighted by molar-refractivity contribution is -0.122. The van der Waals surface area contributed by atoms with E-state index in [0.29, 0.717) is 23.8 Å². The molecule has 0 aliphatic carbocycles. The van der Waals surface area contributed by atoms with E-state index in [1.165, 1.54) is 5.56 Å². The van der Waals surface area contributed by atoms with Crippen LogP contribution >= 0.6 is 0 Å². The molecule has 0 radical (unpaired) electrons. The second-order valence-corrected chi connectivity index (χ2v) is 6.95. The third-order valence-corrected chi connectivity index (χ3v) is 3.85. The maximum absolute atomic E-state index is 12.4. The van der Waals surface area contributed by atoms with Crippen molar-refractivity contribution in [2.45, 2.75) is 46.1 Å². The molecule has 4 heteroatoms. The summed E-state index contributed by atoms with van der Waals surface area (Å²) < 4.78 is 11.3. The summed E-state index contributed by atoms with van der Waals surface area (Å²) in [4.78, 5) is 12.4. The first-order valence-corrected chi connectivity index (χ1v) is 8.61. The van der Waals surface area contributed by atoms with Crippen LogP contribution in [0.2, 0.25) is 0 Å². The smallest absolute Gasteiger partial charge is 0.265 e. The van der Waals surface area contributed by atoms with Crippen molar-refractivity contribution in [1.82, 2.24) is 0 Å². The van der Waals surface area contributed by atoms with Gasteiger partial charge in [0.25, 0.3) is 5.91 Å². The number of hydrogen-bond acceptors (Lipinski definition) is 3. The summed E-state index contributed by atoms with van der Waals surface area (Å²) in [6, 6.07) is 15.2. The van der Waals surface area contributed by atoms with E-state index < -0.39 is 6.10 Å². The molecule has 0 fully saturated rings. The van der Waals surface area contributed by atoms with E-state index in [1.54, 1.807) is 6.92 Å². The summed E-state index contributed by atoms with van der Waals surface area (Å²) in [6.45, 7) is 10.7. The summed E-state index contributed by atoms with van der Waals surface area (Å²) in [5.41, 5.74) is 1.96. The number of hydrogen-bond donors (Lipinski definition) is 1. The van der Waals surface area contributed by atoms with Crippen molar-refractivity contribution in [3.05, 3.63) is 54.1 Å². The van der Waals surface area contributed by atoms with Gasteiger partial charge in [0.15, 0.2) is 6.10 Å². The maximum atomic E-state index is 12.4. The number of rotatable bonds is 6. The van der Waals surface area contributed by atoms with Gasteiger partial charge in [-0.05, 0) is 49.1 Å². The first-order chi connectivity index (χ1) is 11.8. The van der Waals surface area contributed by atoms with Crippen LogP contribution in [0.4, 0.5) is 5.69 Å². The quantitative estimate of drug-likeness (QED) is 0.822. The fraction of sp³-hybridized carbons (Fsp3) is 0.381. The van der Waals surface area contributed by atoms with Gasteiger partial charge >= 0.3 is 0 Å². The largest absolute Gasteiger partial charge is 0.492 e. The number of amides is 1. The molecule has 0 aromatic heterocycles. The molecule has 134 valence electrons. The van der Waals surface area contributed by atoms with Gasteiger partial charge in [0.05, 0.1) is 12.3 Å². The number of benzene rings is 2. The lowest BCUT2D eigenvalue weighted by Gasteiger charge is -2.20. The van der Waals surface area contributed by atoms with Crippen LogP contribution < -0.4 is 14.8 Å². The van der Waals surface area contributed by atoms with Crippen molar-refractivity contribution >= 4 is 11.6 Å². The van der Waals surface area contributed by atoms with Crippen molar-refractivity contribution in [2.75, 3.05) is 11.9 Å². The molecule has 0 heterocycles. The molecule has 4 nitrogen and oxygen atoms in total. The molecule has 2 aromatic carbocycles. The highest BCUT2D eigenvalue weighted by Crippen LogP contribution is 2.26. The zero-order chi connectivity index (χ0) is 18.4. The second-order valence-electron chi connectivity index (χ2n) is 6.95. The standard InChI is InChI=1S/C21H27NO3/c1-6-24-19-10-8-7-9-18(19)22-20(23)15(2)25-17-13-11-16(12-14-17)21(3,4)5/h7-15H,6H2,1-5H3,(H,22,23)/t15-/m1/s1. The summed E-state index contributed by atoms with van der Waals surface area (Å²) in [5, 5.41) is 2.86. The maximum Gasteiger partial charge on any atom is 0.265 e. The number of para-hydroxylation sites is 2. The Balaban J connectivity index is 2.01. The fourth-order valence-electron chi connectivity index (χ4n) is 2.38. The molecule has 0 aliphatic heterocycles. The molecular formula is C21H27NO3. The number of carbonyl (C=O) groups is 1. The highest BCUT2D eigenvalue weighted by Gasteiger charge is 2.18. The van der Waals surface area contributed by atoms with E-state index in [0.717, 1.165) is 0 Å². The normalized spacial score (nSPS) is 12.4. The lowest BCUT2D eigenvalue weighted by Crippen LogP contribution is -2.30. The SMILES string of the molecule is CCOc1ccccc1NC(=O)[C@@H](C)Oc1ccc(C(C)(C)C)cc1. The van der Waals surface area contributed by atoms with Gasteiger partial charge in [-0.2, -0.15) is 0 Å². The summed E-state index contributed by atoms with van der Waals surface area (Å²) in [6.07, 6.45) is -0.616. The fourth-order valence-corrected chi connectivity index (χ4v) is 2.38. The van der Waals surface area contributed by atoms with Gasteiger partial charge in [-0.3, -0.25) is 4.79 Å². The average Bonchev–Trinajstić information content (AvgIpc) is 2.56. The minimum Gasteiger partial charge on any atom is -0.492 e. The zero-order valence-corrected chi connectivity index (χ0v) is 15.6. The topological polar surface area (TPSA) is 47.6 Å². The van der Waals surface area contributed by atoms with Gasteiger partial charge in [-0.1, -0.05) is 45.0 Å². The van der Waals surface area contributed by atoms with Gasteiger partial charge in [0.2, 0.25) is 0 Å². The molecule has 0 unspecified atom stereocenters. The molecule has 1 amide bonds. The van der Waals surface area contributed by atoms with E-state index in [9.17, 15) is 4.79 Å². The Morgan fingerprint density at radius 2 is 1.72 bits per heavy atom. The van der Waals surface area contributed by atoms with Gasteiger partial charge in [-0.25, -0.2) is 0 Å². The van der Waals surface area contributed by atoms with Crippen molar-refractivity contribution in [3.63, 3.8) is 0 Å². The lowest BCUT2D eigenvalue weighted by atomic mass is 9.87. The highest BCUT2D eigenvalue weighted by molar-refractivity contribution is 5.95. The summed E-state index contributed by atoms with van der Waals surface area (Å²) >= 11 is 0. The minimum absolute atomic E-state index is 0.0878. The third-order valence-electron chi connectivity index (χ3n) is 3.85. The first-order valence-electron chi connectivity index (χ1n) is 8.61. The molecule has 2 rings (SSSR count). The molecule has 0 spiro atoms. The van der Waals surface area contributed by atoms with Crippen LogP contribution in [0.5, 0.6) is 11.5 Å². The van der Waals surface area contributed by atoms with Crippen molar-refractivity contribution in [3.8, 4) is 11.5 Å². The van der Waals surface area contributed by atoms with Crippen LogP contribution in [-0.4, -0.2) is 18.6 Å². The number of anilines is 1. The molecule has 1 atom stereocenters. The Kier molecular flexibility index (Phi) is 6.07. The number of nitrogens with one attached hydrogen (secondary N) is 1. The Labute approximate surface area is 150 Å². The minimum atomic E-state index is -0.616. The summed E-state index contributed by atoms with van der Waals surface area (Å²) in [7, 11) is 0. The van der Waals surface area contributed by atoms with E-state index in [1.807, 2.05) is 55.5 Å². The van der Waals surface area contributed by atoms with Crippen LogP contribution in [0.25, 0.3) is 0 Å². The van der Waals surface area contributed by atoms with Crippen LogP contribution in [0.3, 0.4) is 0 Å². The van der Waals surface area contributed by atoms with Crippen molar-refractivity contribution < 1.29 is 14.3 Å². The van der Waals surface area contributed by atoms with Crippen LogP contribution in [0.1, 0.15) is 40.2 Å². The van der Waals surface area contributed by atoms with Crippen LogP contribution in [0, 0.1) is 0 Å². The van der Waals surface area contributed by atoms with E-state index in [-0.39, 0.29) is 11.3 Å². The zero-order valence-electron chi connectivity index (χ0n) is 15.6. The van der Waals surface area contributed by atoms with Crippen molar-refractivity contribution in [2.24, 2.45) is 0 Å². The molecule has 25 heavy (non-hydrogen) atoms. The molecule has 0 saturated heterocycles. The van der Waals surface area contributed by atoms with Gasteiger partial charge in [-0.15, -0.1) is 0 Å². The Morgan fingerprint density at radius 1 is 1.08 bits per heavy atom. The van der Waals surface area contributed by atoms with Gasteiger partial charge in [0, 0.05) is 0 Å². The molecule has 1 N–H and O–H groups in total. The Bertz CT molecular complexity index is 702. The van der Waals surface area contributed by atoms with E-state index in [4.69, 9.17) is 9.47 Å². The molecule has 0 saturated carbocycles. The molecule has 0 bridgehead atoms. The van der Waals surface area contributed by atoms with E-state index >= 15 is 0 Å². The van der Waals surface area contributed by atoms with Gasteiger partial charge < -0.3 is 14.8 Å². The number of carbonyl (C=O) groups excluding carboxylic acids is 1. The van der Waals surface area contributed by atoms with Crippen LogP contribution in [-0.2, 0) is 10.2 Å². The predicted octanol–water partition coefficient (Wildman–Crippen LogP) is 4.79. The average molecular weight is 341 g/mol. The molecular weight excluding hydrogens is 314 g/mol. The van der Waals surface area contributed by atoms with Crippen LogP contribution in [0.15, 0.2) is 48.5 Å². The van der Waals surface area contributed by atoms with E-state index in [2.05, 4.69) is 26.1 Å². The Morgan fingerprint density at radius 3 is 2.32 bits per heavy atom. The summed E-state index contributed by atoms with van der Waals surface area (Å²) in [5.74, 6) is 1.11. The van der Waals surface area contributed by atoms with Crippen molar-refractivity contribution in [1.29, 1.82) is 0 Å². The van der Waals surface area contributed by atoms with Gasteiger partial charge in [0.1, 0.15) is 11.5 Å². The number of ether oxygens (including phenoxy) is 2. The third kappa shape index (κ3) is 5.24. The molecule has 2 aromatic rings. The Hall–Kier alpha value is -2.49. The predicted molar refractivity (Wildman–Crippen MR) is 101 cm³/mol.